The van der Waals surface area contributed by atoms with Crippen LogP contribution in [0.1, 0.15) is 27.6 Å². The average molecular weight is 386 g/mol. The molecule has 0 aliphatic heterocycles. The number of hydrogen-bond donors (Lipinski definition) is 0. The maximum atomic E-state index is 12.4. The van der Waals surface area contributed by atoms with Crippen molar-refractivity contribution in [3.8, 4) is 5.75 Å². The van der Waals surface area contributed by atoms with Crippen LogP contribution >= 0.6 is 11.6 Å². The van der Waals surface area contributed by atoms with Crippen LogP contribution in [0.25, 0.3) is 0 Å². The molecule has 0 unspecified atom stereocenters. The second-order valence-electron chi connectivity index (χ2n) is 6.19. The van der Waals surface area contributed by atoms with E-state index in [0.717, 1.165) is 11.3 Å². The van der Waals surface area contributed by atoms with E-state index in [1.807, 2.05) is 31.2 Å². The molecule has 1 aromatic heterocycles. The van der Waals surface area contributed by atoms with Crippen molar-refractivity contribution < 1.29 is 14.1 Å². The number of hydrogen-bond acceptors (Lipinski definition) is 5. The topological polar surface area (TPSA) is 68.5 Å². The number of halogens is 1. The molecule has 3 rings (SSSR count). The van der Waals surface area contributed by atoms with Gasteiger partial charge in [0.25, 0.3) is 11.8 Å². The van der Waals surface area contributed by atoms with E-state index in [1.165, 1.54) is 0 Å². The predicted octanol–water partition coefficient (Wildman–Crippen LogP) is 3.93. The van der Waals surface area contributed by atoms with Gasteiger partial charge in [-0.05, 0) is 48.9 Å². The average Bonchev–Trinajstić information content (AvgIpc) is 3.12. The highest BCUT2D eigenvalue weighted by Crippen LogP contribution is 2.14. The molecule has 7 heteroatoms. The highest BCUT2D eigenvalue weighted by atomic mass is 35.5. The number of rotatable bonds is 7. The normalized spacial score (nSPS) is 10.6. The van der Waals surface area contributed by atoms with Crippen LogP contribution in [0.3, 0.4) is 0 Å². The number of amides is 1. The van der Waals surface area contributed by atoms with Gasteiger partial charge >= 0.3 is 0 Å². The van der Waals surface area contributed by atoms with Gasteiger partial charge in [0, 0.05) is 30.6 Å². The Morgan fingerprint density at radius 3 is 2.74 bits per heavy atom. The number of aryl methyl sites for hydroxylation is 1. The molecule has 0 spiro atoms. The van der Waals surface area contributed by atoms with Crippen LogP contribution in [-0.2, 0) is 13.0 Å². The van der Waals surface area contributed by atoms with Crippen molar-refractivity contribution in [2.45, 2.75) is 20.0 Å². The van der Waals surface area contributed by atoms with E-state index in [2.05, 4.69) is 10.1 Å². The second-order valence-corrected chi connectivity index (χ2v) is 6.63. The highest BCUT2D eigenvalue weighted by molar-refractivity contribution is 6.30. The number of carbonyl (C=O) groups excluding carboxylic acids is 1. The quantitative estimate of drug-likeness (QED) is 0.616. The van der Waals surface area contributed by atoms with Crippen LogP contribution in [0.2, 0.25) is 5.02 Å². The number of likely N-dealkylation sites (N-methyl/N-ethyl adjacent to an activating group) is 1. The van der Waals surface area contributed by atoms with Crippen molar-refractivity contribution in [3.05, 3.63) is 76.4 Å². The van der Waals surface area contributed by atoms with Crippen molar-refractivity contribution in [1.82, 2.24) is 15.0 Å². The molecule has 1 amide bonds. The SMILES string of the molecule is Cc1cccc(OCc2nc(CCN(C)C(=O)c3ccc(Cl)cc3)no2)c1. The molecule has 0 bridgehead atoms. The van der Waals surface area contributed by atoms with Gasteiger partial charge in [0.2, 0.25) is 0 Å². The van der Waals surface area contributed by atoms with Gasteiger partial charge in [-0.3, -0.25) is 4.79 Å². The van der Waals surface area contributed by atoms with Crippen molar-refractivity contribution in [3.63, 3.8) is 0 Å². The zero-order chi connectivity index (χ0) is 19.2. The van der Waals surface area contributed by atoms with E-state index in [9.17, 15) is 4.79 Å². The van der Waals surface area contributed by atoms with Crippen LogP contribution in [0.5, 0.6) is 5.75 Å². The van der Waals surface area contributed by atoms with Crippen molar-refractivity contribution in [1.29, 1.82) is 0 Å². The number of carbonyl (C=O) groups is 1. The molecule has 6 nitrogen and oxygen atoms in total. The first-order valence-corrected chi connectivity index (χ1v) is 8.91. The third kappa shape index (κ3) is 5.31. The van der Waals surface area contributed by atoms with Gasteiger partial charge in [0.1, 0.15) is 5.75 Å². The first kappa shape index (κ1) is 18.9. The Hall–Kier alpha value is -2.86. The molecule has 0 radical (unpaired) electrons. The van der Waals surface area contributed by atoms with Gasteiger partial charge < -0.3 is 14.2 Å². The summed E-state index contributed by atoms with van der Waals surface area (Å²) in [4.78, 5) is 18.3. The molecule has 1 heterocycles. The largest absolute Gasteiger partial charge is 0.484 e. The standard InChI is InChI=1S/C20H20ClN3O3/c1-14-4-3-5-17(12-14)26-13-19-22-18(23-27-19)10-11-24(2)20(25)15-6-8-16(21)9-7-15/h3-9,12H,10-11,13H2,1-2H3. The minimum atomic E-state index is -0.0850. The monoisotopic (exact) mass is 385 g/mol. The smallest absolute Gasteiger partial charge is 0.264 e. The van der Waals surface area contributed by atoms with Gasteiger partial charge in [-0.25, -0.2) is 0 Å². The molecule has 0 saturated heterocycles. The molecule has 140 valence electrons. The number of aromatic nitrogens is 2. The van der Waals surface area contributed by atoms with Crippen LogP contribution in [0.4, 0.5) is 0 Å². The van der Waals surface area contributed by atoms with Crippen LogP contribution < -0.4 is 4.74 Å². The van der Waals surface area contributed by atoms with Gasteiger partial charge in [-0.1, -0.05) is 28.9 Å². The summed E-state index contributed by atoms with van der Waals surface area (Å²) in [6.07, 6.45) is 0.490. The van der Waals surface area contributed by atoms with E-state index < -0.39 is 0 Å². The molecule has 2 aromatic carbocycles. The fourth-order valence-corrected chi connectivity index (χ4v) is 2.61. The molecule has 27 heavy (non-hydrogen) atoms. The van der Waals surface area contributed by atoms with Gasteiger partial charge in [0.15, 0.2) is 12.4 Å². The molecule has 0 atom stereocenters. The first-order chi connectivity index (χ1) is 13.0. The van der Waals surface area contributed by atoms with E-state index in [-0.39, 0.29) is 12.5 Å². The summed E-state index contributed by atoms with van der Waals surface area (Å²) in [5.74, 6) is 1.60. The Kier molecular flexibility index (Phi) is 6.08. The summed E-state index contributed by atoms with van der Waals surface area (Å²) in [6, 6.07) is 14.5. The van der Waals surface area contributed by atoms with Crippen LogP contribution in [0, 0.1) is 6.92 Å². The van der Waals surface area contributed by atoms with E-state index in [4.69, 9.17) is 20.9 Å². The summed E-state index contributed by atoms with van der Waals surface area (Å²) >= 11 is 5.85. The van der Waals surface area contributed by atoms with E-state index >= 15 is 0 Å². The Morgan fingerprint density at radius 2 is 2.00 bits per heavy atom. The summed E-state index contributed by atoms with van der Waals surface area (Å²) in [5.41, 5.74) is 1.70. The number of nitrogens with zero attached hydrogens (tertiary/aromatic N) is 3. The van der Waals surface area contributed by atoms with Crippen LogP contribution in [-0.4, -0.2) is 34.5 Å². The first-order valence-electron chi connectivity index (χ1n) is 8.53. The minimum absolute atomic E-state index is 0.0850. The zero-order valence-electron chi connectivity index (χ0n) is 15.2. The van der Waals surface area contributed by atoms with Gasteiger partial charge in [-0.15, -0.1) is 0 Å². The van der Waals surface area contributed by atoms with Crippen molar-refractivity contribution in [2.24, 2.45) is 0 Å². The minimum Gasteiger partial charge on any atom is -0.484 e. The molecule has 3 aromatic rings. The zero-order valence-corrected chi connectivity index (χ0v) is 15.9. The molecule has 0 fully saturated rings. The lowest BCUT2D eigenvalue weighted by Gasteiger charge is -2.16. The summed E-state index contributed by atoms with van der Waals surface area (Å²) in [6.45, 7) is 2.68. The Balaban J connectivity index is 1.50. The van der Waals surface area contributed by atoms with Crippen molar-refractivity contribution in [2.75, 3.05) is 13.6 Å². The van der Waals surface area contributed by atoms with E-state index in [1.54, 1.807) is 36.2 Å². The lowest BCUT2D eigenvalue weighted by molar-refractivity contribution is 0.0796. The van der Waals surface area contributed by atoms with Gasteiger partial charge in [0.05, 0.1) is 0 Å². The summed E-state index contributed by atoms with van der Waals surface area (Å²) in [5, 5.41) is 4.54. The fraction of sp³-hybridized carbons (Fsp3) is 0.250. The second kappa shape index (κ2) is 8.68. The molecular weight excluding hydrogens is 366 g/mol. The lowest BCUT2D eigenvalue weighted by Crippen LogP contribution is -2.29. The molecule has 0 saturated carbocycles. The lowest BCUT2D eigenvalue weighted by atomic mass is 10.2. The third-order valence-electron chi connectivity index (χ3n) is 3.97. The fourth-order valence-electron chi connectivity index (χ4n) is 2.48. The maximum absolute atomic E-state index is 12.4. The van der Waals surface area contributed by atoms with E-state index in [0.29, 0.717) is 35.3 Å². The summed E-state index contributed by atoms with van der Waals surface area (Å²) < 4.78 is 10.8. The van der Waals surface area contributed by atoms with Crippen LogP contribution in [0.15, 0.2) is 53.1 Å². The molecule has 0 aliphatic rings. The Labute approximate surface area is 162 Å². The van der Waals surface area contributed by atoms with Crippen molar-refractivity contribution >= 4 is 17.5 Å². The predicted molar refractivity (Wildman–Crippen MR) is 102 cm³/mol. The maximum Gasteiger partial charge on any atom is 0.264 e. The number of benzene rings is 2. The third-order valence-corrected chi connectivity index (χ3v) is 4.22. The molecular formula is C20H20ClN3O3. The molecule has 0 aliphatic carbocycles. The number of ether oxygens (including phenoxy) is 1. The Morgan fingerprint density at radius 1 is 1.22 bits per heavy atom. The van der Waals surface area contributed by atoms with Gasteiger partial charge in [-0.2, -0.15) is 4.98 Å². The summed E-state index contributed by atoms with van der Waals surface area (Å²) in [7, 11) is 1.73. The molecule has 0 N–H and O–H groups in total. The Bertz CT molecular complexity index is 909. The highest BCUT2D eigenvalue weighted by Gasteiger charge is 2.13.